The van der Waals surface area contributed by atoms with Crippen molar-refractivity contribution >= 4 is 0 Å². The van der Waals surface area contributed by atoms with Crippen LogP contribution in [-0.2, 0) is 14.2 Å². The molecule has 0 bridgehead atoms. The maximum Gasteiger partial charge on any atom is 0.163 e. The van der Waals surface area contributed by atoms with Gasteiger partial charge in [0.1, 0.15) is 0 Å². The van der Waals surface area contributed by atoms with Crippen molar-refractivity contribution < 1.29 is 14.2 Å². The second-order valence-corrected chi connectivity index (χ2v) is 18.2. The van der Waals surface area contributed by atoms with E-state index in [4.69, 9.17) is 14.2 Å². The van der Waals surface area contributed by atoms with Gasteiger partial charge in [0, 0.05) is 10.8 Å². The summed E-state index contributed by atoms with van der Waals surface area (Å²) < 4.78 is 19.9. The van der Waals surface area contributed by atoms with Crippen LogP contribution < -0.4 is 0 Å². The fourth-order valence-corrected chi connectivity index (χ4v) is 12.3. The molecule has 1 saturated heterocycles. The van der Waals surface area contributed by atoms with Gasteiger partial charge in [-0.2, -0.15) is 0 Å². The predicted octanol–water partition coefficient (Wildman–Crippen LogP) is 10.2. The van der Waals surface area contributed by atoms with Crippen LogP contribution in [0.4, 0.5) is 0 Å². The fourth-order valence-electron chi connectivity index (χ4n) is 12.3. The van der Waals surface area contributed by atoms with Crippen LogP contribution in [0.2, 0.25) is 0 Å². The van der Waals surface area contributed by atoms with Gasteiger partial charge in [0.15, 0.2) is 5.79 Å². The van der Waals surface area contributed by atoms with Crippen LogP contribution >= 0.6 is 0 Å². The molecule has 0 aromatic rings. The van der Waals surface area contributed by atoms with Gasteiger partial charge in [-0.1, -0.05) is 91.5 Å². The Balaban J connectivity index is 1.33. The number of fused-ring (bicyclic) bond motifs is 9. The zero-order valence-corrected chi connectivity index (χ0v) is 29.1. The van der Waals surface area contributed by atoms with Crippen molar-refractivity contribution in [1.82, 2.24) is 0 Å². The van der Waals surface area contributed by atoms with Crippen molar-refractivity contribution in [3.63, 3.8) is 0 Å². The summed E-state index contributed by atoms with van der Waals surface area (Å²) in [7, 11) is 0. The summed E-state index contributed by atoms with van der Waals surface area (Å²) in [6.45, 7) is 31.7. The summed E-state index contributed by atoms with van der Waals surface area (Å²) in [5.74, 6) is 1.47. The van der Waals surface area contributed by atoms with E-state index in [0.717, 1.165) is 25.0 Å². The Bertz CT molecular complexity index is 1210. The van der Waals surface area contributed by atoms with Gasteiger partial charge in [0.05, 0.1) is 25.4 Å². The monoisotopic (exact) mass is 590 g/mol. The Morgan fingerprint density at radius 2 is 1.63 bits per heavy atom. The van der Waals surface area contributed by atoms with Crippen molar-refractivity contribution in [2.45, 2.75) is 138 Å². The van der Waals surface area contributed by atoms with E-state index in [1.165, 1.54) is 44.9 Å². The van der Waals surface area contributed by atoms with Crippen LogP contribution in [0.25, 0.3) is 0 Å². The molecule has 5 fully saturated rings. The third kappa shape index (κ3) is 4.59. The second-order valence-electron chi connectivity index (χ2n) is 18.2. The molecule has 0 spiro atoms. The van der Waals surface area contributed by atoms with Crippen LogP contribution in [0.1, 0.15) is 120 Å². The zero-order valence-electron chi connectivity index (χ0n) is 29.1. The molecule has 10 unspecified atom stereocenters. The molecule has 0 aromatic heterocycles. The Kier molecular flexibility index (Phi) is 7.52. The average molecular weight is 591 g/mol. The highest BCUT2D eigenvalue weighted by Crippen LogP contribution is 2.76. The first kappa shape index (κ1) is 31.8. The van der Waals surface area contributed by atoms with Crippen LogP contribution in [-0.4, -0.2) is 31.2 Å². The molecule has 4 saturated carbocycles. The van der Waals surface area contributed by atoms with Gasteiger partial charge in [-0.05, 0) is 117 Å². The standard InChI is InChI=1S/C40H62O3/c1-12-14-27(13-2)25-41-33-24-34(3,4)23-29-28-15-16-31-37(8)19-18-32-38(9,26-42-35(5,6)43-32)30(37)17-20-40(31,11)39(28,10)22-21-36(29,33)7/h12-15,29-33H,1-2,16-26H2,3-11H3/b27-14+. The minimum atomic E-state index is -0.462. The molecule has 240 valence electrons. The van der Waals surface area contributed by atoms with E-state index in [9.17, 15) is 0 Å². The van der Waals surface area contributed by atoms with Gasteiger partial charge < -0.3 is 14.2 Å². The van der Waals surface area contributed by atoms with Gasteiger partial charge in [-0.3, -0.25) is 0 Å². The third-order valence-electron chi connectivity index (χ3n) is 15.0. The minimum absolute atomic E-state index is 0.0994. The van der Waals surface area contributed by atoms with Gasteiger partial charge in [-0.15, -0.1) is 0 Å². The minimum Gasteiger partial charge on any atom is -0.373 e. The highest BCUT2D eigenvalue weighted by atomic mass is 16.7. The quantitative estimate of drug-likeness (QED) is 0.235. The lowest BCUT2D eigenvalue weighted by molar-refractivity contribution is -0.351. The molecule has 6 aliphatic rings. The molecular formula is C40H62O3. The lowest BCUT2D eigenvalue weighted by Gasteiger charge is -2.72. The van der Waals surface area contributed by atoms with Gasteiger partial charge in [0.2, 0.25) is 0 Å². The summed E-state index contributed by atoms with van der Waals surface area (Å²) in [5.41, 5.74) is 4.30. The van der Waals surface area contributed by atoms with E-state index in [1.54, 1.807) is 5.57 Å². The number of rotatable bonds is 5. The summed E-state index contributed by atoms with van der Waals surface area (Å²) in [6.07, 6.45) is 20.4. The summed E-state index contributed by atoms with van der Waals surface area (Å²) >= 11 is 0. The van der Waals surface area contributed by atoms with E-state index in [2.05, 4.69) is 81.5 Å². The average Bonchev–Trinajstić information content (AvgIpc) is 2.92. The molecular weight excluding hydrogens is 528 g/mol. The zero-order chi connectivity index (χ0) is 31.3. The van der Waals surface area contributed by atoms with Crippen LogP contribution in [0, 0.1) is 50.2 Å². The number of ether oxygens (including phenoxy) is 3. The Labute approximate surface area is 264 Å². The highest BCUT2D eigenvalue weighted by molar-refractivity contribution is 5.34. The van der Waals surface area contributed by atoms with Crippen molar-refractivity contribution in [1.29, 1.82) is 0 Å². The van der Waals surface area contributed by atoms with Gasteiger partial charge >= 0.3 is 0 Å². The van der Waals surface area contributed by atoms with Crippen molar-refractivity contribution in [2.75, 3.05) is 13.2 Å². The molecule has 1 heterocycles. The summed E-state index contributed by atoms with van der Waals surface area (Å²) in [4.78, 5) is 0. The molecule has 3 heteroatoms. The van der Waals surface area contributed by atoms with E-state index in [-0.39, 0.29) is 27.8 Å². The predicted molar refractivity (Wildman–Crippen MR) is 178 cm³/mol. The smallest absolute Gasteiger partial charge is 0.163 e. The lowest BCUT2D eigenvalue weighted by atomic mass is 9.33. The maximum atomic E-state index is 6.87. The Morgan fingerprint density at radius 1 is 0.884 bits per heavy atom. The second kappa shape index (κ2) is 10.2. The lowest BCUT2D eigenvalue weighted by Crippen LogP contribution is -2.68. The van der Waals surface area contributed by atoms with Crippen LogP contribution in [0.3, 0.4) is 0 Å². The maximum absolute atomic E-state index is 6.87. The Morgan fingerprint density at radius 3 is 2.33 bits per heavy atom. The largest absolute Gasteiger partial charge is 0.373 e. The Hall–Kier alpha value is -1.16. The van der Waals surface area contributed by atoms with Crippen LogP contribution in [0.5, 0.6) is 0 Å². The SMILES string of the molecule is C=C/C=C(\C=C)COC1CC(C)(C)CC2C3=CCC4C5(C)CCC6OC(C)(C)OCC6(C)C5CCC4(C)C3(C)CCC12C. The highest BCUT2D eigenvalue weighted by Gasteiger charge is 2.70. The molecule has 10 atom stereocenters. The van der Waals surface area contributed by atoms with E-state index in [0.29, 0.717) is 41.3 Å². The molecule has 6 rings (SSSR count). The molecule has 0 aromatic carbocycles. The first-order chi connectivity index (χ1) is 20.0. The van der Waals surface area contributed by atoms with E-state index in [1.807, 2.05) is 18.2 Å². The van der Waals surface area contributed by atoms with E-state index < -0.39 is 5.79 Å². The fraction of sp³-hybridized carbons (Fsp3) is 0.800. The molecule has 0 amide bonds. The summed E-state index contributed by atoms with van der Waals surface area (Å²) in [5, 5.41) is 0. The normalized spacial score (nSPS) is 50.1. The first-order valence-corrected chi connectivity index (χ1v) is 17.6. The molecule has 1 aliphatic heterocycles. The molecule has 3 nitrogen and oxygen atoms in total. The van der Waals surface area contributed by atoms with Gasteiger partial charge in [-0.25, -0.2) is 0 Å². The van der Waals surface area contributed by atoms with Crippen molar-refractivity contribution in [3.05, 3.63) is 48.6 Å². The molecule has 0 radical (unpaired) electrons. The number of hydrogen-bond acceptors (Lipinski definition) is 3. The molecule has 5 aliphatic carbocycles. The molecule has 43 heavy (non-hydrogen) atoms. The number of allylic oxidation sites excluding steroid dienone is 4. The first-order valence-electron chi connectivity index (χ1n) is 17.6. The van der Waals surface area contributed by atoms with Gasteiger partial charge in [0.25, 0.3) is 0 Å². The van der Waals surface area contributed by atoms with Crippen molar-refractivity contribution in [2.24, 2.45) is 50.2 Å². The van der Waals surface area contributed by atoms with Crippen molar-refractivity contribution in [3.8, 4) is 0 Å². The topological polar surface area (TPSA) is 27.7 Å². The molecule has 0 N–H and O–H groups in total. The van der Waals surface area contributed by atoms with Crippen LogP contribution in [0.15, 0.2) is 48.6 Å². The third-order valence-corrected chi connectivity index (χ3v) is 15.0. The van der Waals surface area contributed by atoms with E-state index >= 15 is 0 Å². The summed E-state index contributed by atoms with van der Waals surface area (Å²) in [6, 6.07) is 0. The number of hydrogen-bond donors (Lipinski definition) is 0.